The van der Waals surface area contributed by atoms with Gasteiger partial charge in [0.2, 0.25) is 0 Å². The third-order valence-corrected chi connectivity index (χ3v) is 3.51. The van der Waals surface area contributed by atoms with Crippen LogP contribution in [0.25, 0.3) is 0 Å². The molecule has 1 unspecified atom stereocenters. The molecule has 0 saturated heterocycles. The van der Waals surface area contributed by atoms with Gasteiger partial charge in [-0.1, -0.05) is 19.9 Å². The molecule has 0 amide bonds. The molecule has 1 aromatic carbocycles. The van der Waals surface area contributed by atoms with Crippen molar-refractivity contribution in [1.82, 2.24) is 5.32 Å². The summed E-state index contributed by atoms with van der Waals surface area (Å²) in [6, 6.07) is 7.14. The number of rotatable bonds is 6. The molecule has 2 nitrogen and oxygen atoms in total. The van der Waals surface area contributed by atoms with Gasteiger partial charge in [-0.15, -0.1) is 0 Å². The Morgan fingerprint density at radius 1 is 1.17 bits per heavy atom. The molecule has 0 aliphatic heterocycles. The van der Waals surface area contributed by atoms with Gasteiger partial charge in [-0.3, -0.25) is 0 Å². The fraction of sp³-hybridized carbons (Fsp3) is 0.625. The topological polar surface area (TPSA) is 21.3 Å². The third-order valence-electron chi connectivity index (χ3n) is 3.51. The van der Waals surface area contributed by atoms with E-state index in [1.54, 1.807) is 0 Å². The van der Waals surface area contributed by atoms with Crippen molar-refractivity contribution in [2.24, 2.45) is 0 Å². The van der Waals surface area contributed by atoms with E-state index >= 15 is 0 Å². The van der Waals surface area contributed by atoms with Gasteiger partial charge in [0.05, 0.1) is 6.10 Å². The van der Waals surface area contributed by atoms with Crippen LogP contribution in [0, 0.1) is 0 Å². The lowest BCUT2D eigenvalue weighted by molar-refractivity contribution is 0.208. The highest BCUT2D eigenvalue weighted by atomic mass is 16.5. The summed E-state index contributed by atoms with van der Waals surface area (Å²) in [5, 5.41) is 3.42. The van der Waals surface area contributed by atoms with Gasteiger partial charge in [-0.05, 0) is 62.4 Å². The van der Waals surface area contributed by atoms with Crippen LogP contribution in [-0.4, -0.2) is 18.7 Å². The van der Waals surface area contributed by atoms with Crippen LogP contribution in [0.1, 0.15) is 44.7 Å². The number of hydrogen-bond acceptors (Lipinski definition) is 2. The van der Waals surface area contributed by atoms with Crippen molar-refractivity contribution in [2.75, 3.05) is 6.54 Å². The molecule has 1 aliphatic rings. The van der Waals surface area contributed by atoms with E-state index in [0.717, 1.165) is 18.7 Å². The van der Waals surface area contributed by atoms with Gasteiger partial charge in [0, 0.05) is 6.04 Å². The zero-order valence-electron chi connectivity index (χ0n) is 11.8. The monoisotopic (exact) mass is 247 g/mol. The molecule has 0 aromatic heterocycles. The van der Waals surface area contributed by atoms with E-state index in [0.29, 0.717) is 6.04 Å². The molecular weight excluding hydrogens is 222 g/mol. The largest absolute Gasteiger partial charge is 0.491 e. The van der Waals surface area contributed by atoms with E-state index in [2.05, 4.69) is 44.3 Å². The molecule has 1 aliphatic carbocycles. The first-order valence-electron chi connectivity index (χ1n) is 7.17. The second-order valence-electron chi connectivity index (χ2n) is 5.61. The summed E-state index contributed by atoms with van der Waals surface area (Å²) in [5.74, 6) is 1.03. The van der Waals surface area contributed by atoms with Crippen molar-refractivity contribution >= 4 is 0 Å². The normalized spacial score (nSPS) is 15.8. The summed E-state index contributed by atoms with van der Waals surface area (Å²) in [4.78, 5) is 0. The predicted octanol–water partition coefficient (Wildman–Crippen LogP) is 3.33. The molecular formula is C16H25NO. The number of fused-ring (bicyclic) bond motifs is 1. The van der Waals surface area contributed by atoms with Crippen LogP contribution in [0.15, 0.2) is 18.2 Å². The maximum atomic E-state index is 5.98. The van der Waals surface area contributed by atoms with Crippen molar-refractivity contribution < 1.29 is 4.74 Å². The van der Waals surface area contributed by atoms with E-state index < -0.39 is 0 Å². The smallest absolute Gasteiger partial charge is 0.119 e. The maximum absolute atomic E-state index is 5.98. The number of benzene rings is 1. The minimum atomic E-state index is 0.274. The zero-order valence-corrected chi connectivity index (χ0v) is 11.8. The average molecular weight is 247 g/mol. The fourth-order valence-corrected chi connectivity index (χ4v) is 2.49. The lowest BCUT2D eigenvalue weighted by atomic mass is 10.1. The highest BCUT2D eigenvalue weighted by Gasteiger charge is 2.12. The van der Waals surface area contributed by atoms with Crippen LogP contribution in [0.2, 0.25) is 0 Å². The van der Waals surface area contributed by atoms with Gasteiger partial charge in [0.25, 0.3) is 0 Å². The van der Waals surface area contributed by atoms with E-state index in [9.17, 15) is 0 Å². The van der Waals surface area contributed by atoms with Crippen LogP contribution < -0.4 is 10.1 Å². The van der Waals surface area contributed by atoms with Gasteiger partial charge >= 0.3 is 0 Å². The van der Waals surface area contributed by atoms with Crippen molar-refractivity contribution in [3.05, 3.63) is 29.3 Å². The number of aryl methyl sites for hydroxylation is 2. The van der Waals surface area contributed by atoms with Crippen LogP contribution in [0.3, 0.4) is 0 Å². The molecule has 1 aromatic rings. The molecule has 0 fully saturated rings. The molecule has 2 rings (SSSR count). The molecule has 18 heavy (non-hydrogen) atoms. The Labute approximate surface area is 111 Å². The molecule has 0 heterocycles. The van der Waals surface area contributed by atoms with Crippen LogP contribution in [0.4, 0.5) is 0 Å². The van der Waals surface area contributed by atoms with Crippen molar-refractivity contribution in [1.29, 1.82) is 0 Å². The van der Waals surface area contributed by atoms with E-state index in [4.69, 9.17) is 4.74 Å². The van der Waals surface area contributed by atoms with Crippen molar-refractivity contribution in [3.63, 3.8) is 0 Å². The van der Waals surface area contributed by atoms with Gasteiger partial charge < -0.3 is 10.1 Å². The maximum Gasteiger partial charge on any atom is 0.119 e. The first kappa shape index (κ1) is 13.4. The lowest BCUT2D eigenvalue weighted by Crippen LogP contribution is -2.27. The van der Waals surface area contributed by atoms with Crippen LogP contribution >= 0.6 is 0 Å². The Morgan fingerprint density at radius 2 is 1.94 bits per heavy atom. The standard InChI is InChI=1S/C16H25NO/c1-12(2)17-10-9-13(3)18-16-8-7-14-5-4-6-15(14)11-16/h7-8,11-13,17H,4-6,9-10H2,1-3H3. The van der Waals surface area contributed by atoms with Crippen molar-refractivity contribution in [3.8, 4) is 5.75 Å². The second-order valence-corrected chi connectivity index (χ2v) is 5.61. The summed E-state index contributed by atoms with van der Waals surface area (Å²) in [5.41, 5.74) is 3.00. The molecule has 0 bridgehead atoms. The first-order chi connectivity index (χ1) is 8.65. The number of nitrogens with one attached hydrogen (secondary N) is 1. The van der Waals surface area contributed by atoms with E-state index in [-0.39, 0.29) is 6.10 Å². The van der Waals surface area contributed by atoms with Crippen molar-refractivity contribution in [2.45, 2.75) is 58.6 Å². The minimum absolute atomic E-state index is 0.274. The molecule has 100 valence electrons. The Kier molecular flexibility index (Phi) is 4.65. The van der Waals surface area contributed by atoms with Crippen LogP contribution in [-0.2, 0) is 12.8 Å². The molecule has 1 N–H and O–H groups in total. The summed E-state index contributed by atoms with van der Waals surface area (Å²) in [7, 11) is 0. The lowest BCUT2D eigenvalue weighted by Gasteiger charge is -2.16. The average Bonchev–Trinajstić information content (AvgIpc) is 2.75. The summed E-state index contributed by atoms with van der Waals surface area (Å²) < 4.78 is 5.98. The SMILES string of the molecule is CC(C)NCCC(C)Oc1ccc2c(c1)CCC2. The molecule has 2 heteroatoms. The molecule has 1 atom stereocenters. The second kappa shape index (κ2) is 6.24. The molecule has 0 spiro atoms. The zero-order chi connectivity index (χ0) is 13.0. The van der Waals surface area contributed by atoms with Crippen LogP contribution in [0.5, 0.6) is 5.75 Å². The molecule has 0 saturated carbocycles. The number of hydrogen-bond donors (Lipinski definition) is 1. The molecule has 0 radical (unpaired) electrons. The van der Waals surface area contributed by atoms with Gasteiger partial charge in [0.15, 0.2) is 0 Å². The Balaban J connectivity index is 1.82. The highest BCUT2D eigenvalue weighted by molar-refractivity contribution is 5.38. The number of ether oxygens (including phenoxy) is 1. The quantitative estimate of drug-likeness (QED) is 0.832. The summed E-state index contributed by atoms with van der Waals surface area (Å²) >= 11 is 0. The minimum Gasteiger partial charge on any atom is -0.491 e. The highest BCUT2D eigenvalue weighted by Crippen LogP contribution is 2.26. The summed E-state index contributed by atoms with van der Waals surface area (Å²) in [6.45, 7) is 7.51. The summed E-state index contributed by atoms with van der Waals surface area (Å²) in [6.07, 6.45) is 5.08. The van der Waals surface area contributed by atoms with Gasteiger partial charge in [0.1, 0.15) is 5.75 Å². The fourth-order valence-electron chi connectivity index (χ4n) is 2.49. The van der Waals surface area contributed by atoms with Gasteiger partial charge in [-0.25, -0.2) is 0 Å². The van der Waals surface area contributed by atoms with E-state index in [1.807, 2.05) is 0 Å². The third kappa shape index (κ3) is 3.74. The first-order valence-corrected chi connectivity index (χ1v) is 7.17. The predicted molar refractivity (Wildman–Crippen MR) is 76.3 cm³/mol. The Morgan fingerprint density at radius 3 is 2.72 bits per heavy atom. The Hall–Kier alpha value is -1.02. The van der Waals surface area contributed by atoms with E-state index in [1.165, 1.54) is 30.4 Å². The van der Waals surface area contributed by atoms with Gasteiger partial charge in [-0.2, -0.15) is 0 Å². The Bertz CT molecular complexity index is 387.